The van der Waals surface area contributed by atoms with E-state index in [1.165, 1.54) is 6.07 Å². The molecule has 0 radical (unpaired) electrons. The van der Waals surface area contributed by atoms with Crippen molar-refractivity contribution in [2.45, 2.75) is 65.6 Å². The molecule has 0 unspecified atom stereocenters. The van der Waals surface area contributed by atoms with E-state index < -0.39 is 11.9 Å². The highest BCUT2D eigenvalue weighted by Crippen LogP contribution is 2.17. The molecule has 0 aliphatic rings. The highest BCUT2D eigenvalue weighted by molar-refractivity contribution is 5.88. The van der Waals surface area contributed by atoms with Gasteiger partial charge in [-0.3, -0.25) is 9.59 Å². The number of amides is 2. The lowest BCUT2D eigenvalue weighted by Gasteiger charge is -2.31. The van der Waals surface area contributed by atoms with Crippen molar-refractivity contribution >= 4 is 11.8 Å². The number of aryl methyl sites for hydroxylation is 1. The average Bonchev–Trinajstić information content (AvgIpc) is 2.69. The maximum absolute atomic E-state index is 14.1. The molecule has 2 rings (SSSR count). The number of carbonyl (C=O) groups is 2. The van der Waals surface area contributed by atoms with Gasteiger partial charge in [-0.05, 0) is 43.9 Å². The van der Waals surface area contributed by atoms with Gasteiger partial charge in [0, 0.05) is 12.6 Å². The van der Waals surface area contributed by atoms with Crippen molar-refractivity contribution in [2.24, 2.45) is 0 Å². The van der Waals surface area contributed by atoms with Gasteiger partial charge in [-0.1, -0.05) is 61.9 Å². The van der Waals surface area contributed by atoms with Crippen LogP contribution in [0.3, 0.4) is 0 Å². The average molecular weight is 399 g/mol. The summed E-state index contributed by atoms with van der Waals surface area (Å²) in [6.07, 6.45) is 1.21. The number of hydrogen-bond donors (Lipinski definition) is 1. The molecular formula is C24H31FN2O2. The van der Waals surface area contributed by atoms with E-state index in [1.807, 2.05) is 52.0 Å². The number of nitrogens with zero attached hydrogens (tertiary/aromatic N) is 1. The highest BCUT2D eigenvalue weighted by atomic mass is 19.1. The van der Waals surface area contributed by atoms with Crippen molar-refractivity contribution in [3.05, 3.63) is 71.0 Å². The number of nitrogens with one attached hydrogen (secondary N) is 1. The SMILES string of the molecule is CC[C@H](C(=O)N[C@@H](C)CC)N(Cc1cccc(C)c1)C(=O)Cc1ccccc1F. The largest absolute Gasteiger partial charge is 0.352 e. The minimum absolute atomic E-state index is 0.0269. The Morgan fingerprint density at radius 3 is 2.41 bits per heavy atom. The van der Waals surface area contributed by atoms with Crippen LogP contribution in [0.2, 0.25) is 0 Å². The van der Waals surface area contributed by atoms with Gasteiger partial charge in [-0.15, -0.1) is 0 Å². The zero-order valence-electron chi connectivity index (χ0n) is 17.7. The molecule has 0 aromatic heterocycles. The molecule has 29 heavy (non-hydrogen) atoms. The molecule has 0 spiro atoms. The van der Waals surface area contributed by atoms with Crippen molar-refractivity contribution in [1.82, 2.24) is 10.2 Å². The quantitative estimate of drug-likeness (QED) is 0.681. The molecule has 2 aromatic rings. The number of carbonyl (C=O) groups excluding carboxylic acids is 2. The third kappa shape index (κ3) is 6.41. The second kappa shape index (κ2) is 10.7. The maximum atomic E-state index is 14.1. The lowest BCUT2D eigenvalue weighted by Crippen LogP contribution is -2.51. The summed E-state index contributed by atoms with van der Waals surface area (Å²) in [7, 11) is 0. The summed E-state index contributed by atoms with van der Waals surface area (Å²) < 4.78 is 14.1. The molecule has 0 bridgehead atoms. The van der Waals surface area contributed by atoms with Gasteiger partial charge in [0.05, 0.1) is 6.42 Å². The Morgan fingerprint density at radius 2 is 1.79 bits per heavy atom. The summed E-state index contributed by atoms with van der Waals surface area (Å²) in [6, 6.07) is 13.6. The summed E-state index contributed by atoms with van der Waals surface area (Å²) >= 11 is 0. The van der Waals surface area contributed by atoms with Gasteiger partial charge in [-0.25, -0.2) is 4.39 Å². The van der Waals surface area contributed by atoms with Crippen LogP contribution in [0.25, 0.3) is 0 Å². The standard InChI is InChI=1S/C24H31FN2O2/c1-5-18(4)26-24(29)22(6-2)27(16-19-11-9-10-17(3)14-19)23(28)15-20-12-7-8-13-21(20)25/h7-14,18,22H,5-6,15-16H2,1-4H3,(H,26,29)/t18-,22+/m0/s1. The number of halogens is 1. The first kappa shape index (κ1) is 22.6. The maximum Gasteiger partial charge on any atom is 0.243 e. The van der Waals surface area contributed by atoms with Crippen molar-refractivity contribution < 1.29 is 14.0 Å². The van der Waals surface area contributed by atoms with Gasteiger partial charge >= 0.3 is 0 Å². The van der Waals surface area contributed by atoms with E-state index in [0.29, 0.717) is 18.5 Å². The summed E-state index contributed by atoms with van der Waals surface area (Å²) in [4.78, 5) is 27.7. The van der Waals surface area contributed by atoms with Gasteiger partial charge < -0.3 is 10.2 Å². The number of hydrogen-bond acceptors (Lipinski definition) is 2. The summed E-state index contributed by atoms with van der Waals surface area (Å²) in [5, 5.41) is 2.98. The third-order valence-corrected chi connectivity index (χ3v) is 5.12. The van der Waals surface area contributed by atoms with Crippen LogP contribution < -0.4 is 5.32 Å². The van der Waals surface area contributed by atoms with E-state index in [-0.39, 0.29) is 24.3 Å². The molecule has 2 atom stereocenters. The fourth-order valence-electron chi connectivity index (χ4n) is 3.27. The van der Waals surface area contributed by atoms with Gasteiger partial charge in [0.15, 0.2) is 0 Å². The van der Waals surface area contributed by atoms with Gasteiger partial charge in [0.2, 0.25) is 11.8 Å². The van der Waals surface area contributed by atoms with Crippen molar-refractivity contribution in [1.29, 1.82) is 0 Å². The Morgan fingerprint density at radius 1 is 1.07 bits per heavy atom. The predicted molar refractivity (Wildman–Crippen MR) is 114 cm³/mol. The van der Waals surface area contributed by atoms with Crippen LogP contribution in [0, 0.1) is 12.7 Å². The van der Waals surface area contributed by atoms with Gasteiger partial charge in [0.25, 0.3) is 0 Å². The Labute approximate surface area is 173 Å². The molecule has 0 saturated carbocycles. The molecule has 2 aromatic carbocycles. The fraction of sp³-hybridized carbons (Fsp3) is 0.417. The summed E-state index contributed by atoms with van der Waals surface area (Å²) in [6.45, 7) is 8.13. The molecule has 4 nitrogen and oxygen atoms in total. The zero-order valence-corrected chi connectivity index (χ0v) is 17.7. The summed E-state index contributed by atoms with van der Waals surface area (Å²) in [5.74, 6) is -0.840. The molecule has 5 heteroatoms. The van der Waals surface area contributed by atoms with Crippen molar-refractivity contribution in [3.63, 3.8) is 0 Å². The smallest absolute Gasteiger partial charge is 0.243 e. The Bertz CT molecular complexity index is 837. The lowest BCUT2D eigenvalue weighted by molar-refractivity contribution is -0.141. The first-order valence-corrected chi connectivity index (χ1v) is 10.2. The molecule has 0 aliphatic carbocycles. The molecule has 0 saturated heterocycles. The molecule has 1 N–H and O–H groups in total. The van der Waals surface area contributed by atoms with Crippen LogP contribution in [0.15, 0.2) is 48.5 Å². The van der Waals surface area contributed by atoms with E-state index in [9.17, 15) is 14.0 Å². The first-order chi connectivity index (χ1) is 13.8. The van der Waals surface area contributed by atoms with E-state index >= 15 is 0 Å². The van der Waals surface area contributed by atoms with Crippen LogP contribution in [0.1, 0.15) is 50.3 Å². The Hall–Kier alpha value is -2.69. The Kier molecular flexibility index (Phi) is 8.37. The predicted octanol–water partition coefficient (Wildman–Crippen LogP) is 4.40. The minimum atomic E-state index is -0.608. The third-order valence-electron chi connectivity index (χ3n) is 5.12. The first-order valence-electron chi connectivity index (χ1n) is 10.2. The summed E-state index contributed by atoms with van der Waals surface area (Å²) in [5.41, 5.74) is 2.37. The molecule has 156 valence electrons. The van der Waals surface area contributed by atoms with Crippen LogP contribution in [0.5, 0.6) is 0 Å². The van der Waals surface area contributed by atoms with Crippen molar-refractivity contribution in [2.75, 3.05) is 0 Å². The van der Waals surface area contributed by atoms with Crippen LogP contribution in [0.4, 0.5) is 4.39 Å². The molecule has 0 aliphatic heterocycles. The highest BCUT2D eigenvalue weighted by Gasteiger charge is 2.29. The zero-order chi connectivity index (χ0) is 21.4. The van der Waals surface area contributed by atoms with Crippen LogP contribution >= 0.6 is 0 Å². The van der Waals surface area contributed by atoms with Crippen molar-refractivity contribution in [3.8, 4) is 0 Å². The van der Waals surface area contributed by atoms with E-state index in [4.69, 9.17) is 0 Å². The topological polar surface area (TPSA) is 49.4 Å². The normalized spacial score (nSPS) is 12.9. The number of benzene rings is 2. The second-order valence-corrected chi connectivity index (χ2v) is 7.52. The second-order valence-electron chi connectivity index (χ2n) is 7.52. The minimum Gasteiger partial charge on any atom is -0.352 e. The van der Waals surface area contributed by atoms with Crippen LogP contribution in [-0.4, -0.2) is 28.8 Å². The van der Waals surface area contributed by atoms with Gasteiger partial charge in [-0.2, -0.15) is 0 Å². The molecule has 2 amide bonds. The molecular weight excluding hydrogens is 367 g/mol. The van der Waals surface area contributed by atoms with E-state index in [2.05, 4.69) is 5.32 Å². The fourth-order valence-corrected chi connectivity index (χ4v) is 3.27. The lowest BCUT2D eigenvalue weighted by atomic mass is 10.0. The molecule has 0 heterocycles. The molecule has 0 fully saturated rings. The van der Waals surface area contributed by atoms with Crippen LogP contribution in [-0.2, 0) is 22.6 Å². The van der Waals surface area contributed by atoms with Gasteiger partial charge in [0.1, 0.15) is 11.9 Å². The van der Waals surface area contributed by atoms with E-state index in [0.717, 1.165) is 17.5 Å². The number of rotatable bonds is 9. The van der Waals surface area contributed by atoms with E-state index in [1.54, 1.807) is 23.1 Å². The monoisotopic (exact) mass is 398 g/mol. The Balaban J connectivity index is 2.31.